The molecule has 1 N–H and O–H groups in total. The first-order valence-electron chi connectivity index (χ1n) is 8.11. The van der Waals surface area contributed by atoms with E-state index in [1.165, 1.54) is 7.11 Å². The van der Waals surface area contributed by atoms with Crippen LogP contribution >= 0.6 is 11.6 Å². The molecule has 134 valence electrons. The van der Waals surface area contributed by atoms with Gasteiger partial charge in [0, 0.05) is 17.1 Å². The van der Waals surface area contributed by atoms with Crippen molar-refractivity contribution in [2.45, 2.75) is 20.8 Å². The Hall–Kier alpha value is -2.79. The molecule has 0 radical (unpaired) electrons. The first kappa shape index (κ1) is 18.0. The number of carbonyl (C=O) groups excluding carboxylic acids is 2. The average molecular weight is 371 g/mol. The Morgan fingerprint density at radius 3 is 2.58 bits per heavy atom. The Labute approximate surface area is 156 Å². The zero-order valence-corrected chi connectivity index (χ0v) is 15.8. The molecule has 0 saturated carbocycles. The summed E-state index contributed by atoms with van der Waals surface area (Å²) in [6.07, 6.45) is 1.72. The Bertz CT molecular complexity index is 983. The highest BCUT2D eigenvalue weighted by Crippen LogP contribution is 2.30. The number of nitrogens with zero attached hydrogens (tertiary/aromatic N) is 1. The monoisotopic (exact) mass is 370 g/mol. The van der Waals surface area contributed by atoms with Crippen LogP contribution < -0.4 is 5.32 Å². The van der Waals surface area contributed by atoms with Crippen LogP contribution in [0.25, 0.3) is 11.8 Å². The van der Waals surface area contributed by atoms with E-state index in [1.54, 1.807) is 13.0 Å². The quantitative estimate of drug-likeness (QED) is 0.661. The Morgan fingerprint density at radius 2 is 1.92 bits per heavy atom. The number of esters is 1. The number of rotatable bonds is 3. The summed E-state index contributed by atoms with van der Waals surface area (Å²) in [5, 5.41) is 3.31. The van der Waals surface area contributed by atoms with Gasteiger partial charge in [-0.2, -0.15) is 0 Å². The Morgan fingerprint density at radius 1 is 1.23 bits per heavy atom. The van der Waals surface area contributed by atoms with Crippen LogP contribution in [0.15, 0.2) is 47.2 Å². The Kier molecular flexibility index (Phi) is 4.74. The summed E-state index contributed by atoms with van der Waals surface area (Å²) in [5.74, 6) is -0.850. The molecule has 1 aliphatic heterocycles. The van der Waals surface area contributed by atoms with Crippen molar-refractivity contribution in [1.82, 2.24) is 9.88 Å². The van der Waals surface area contributed by atoms with Crippen molar-refractivity contribution >= 4 is 29.6 Å². The molecule has 6 heteroatoms. The van der Waals surface area contributed by atoms with Gasteiger partial charge in [-0.15, -0.1) is 0 Å². The predicted molar refractivity (Wildman–Crippen MR) is 101 cm³/mol. The maximum absolute atomic E-state index is 12.3. The molecular weight excluding hydrogens is 352 g/mol. The number of para-hydroxylation sites is 1. The summed E-state index contributed by atoms with van der Waals surface area (Å²) < 4.78 is 6.84. The van der Waals surface area contributed by atoms with Gasteiger partial charge in [0.25, 0.3) is 5.91 Å². The highest BCUT2D eigenvalue weighted by Gasteiger charge is 2.31. The molecule has 26 heavy (non-hydrogen) atoms. The van der Waals surface area contributed by atoms with Gasteiger partial charge < -0.3 is 14.6 Å². The molecule has 0 atom stereocenters. The van der Waals surface area contributed by atoms with E-state index in [1.807, 2.05) is 48.7 Å². The van der Waals surface area contributed by atoms with E-state index in [9.17, 15) is 9.59 Å². The van der Waals surface area contributed by atoms with Crippen LogP contribution in [-0.2, 0) is 14.3 Å². The first-order chi connectivity index (χ1) is 12.3. The molecule has 2 aromatic rings. The van der Waals surface area contributed by atoms with Gasteiger partial charge in [0.1, 0.15) is 0 Å². The summed E-state index contributed by atoms with van der Waals surface area (Å²) in [6.45, 7) is 5.59. The van der Waals surface area contributed by atoms with Crippen LogP contribution in [0.4, 0.5) is 0 Å². The van der Waals surface area contributed by atoms with E-state index >= 15 is 0 Å². The number of halogens is 1. The lowest BCUT2D eigenvalue weighted by Crippen LogP contribution is -2.15. The van der Waals surface area contributed by atoms with E-state index in [-0.39, 0.29) is 11.5 Å². The fourth-order valence-corrected chi connectivity index (χ4v) is 3.43. The van der Waals surface area contributed by atoms with Gasteiger partial charge in [0.2, 0.25) is 0 Å². The molecule has 1 aromatic heterocycles. The molecule has 1 amide bonds. The second-order valence-corrected chi connectivity index (χ2v) is 6.52. The van der Waals surface area contributed by atoms with Crippen LogP contribution in [0.1, 0.15) is 23.9 Å². The van der Waals surface area contributed by atoms with Gasteiger partial charge in [-0.1, -0.05) is 23.7 Å². The van der Waals surface area contributed by atoms with Crippen LogP contribution in [0.3, 0.4) is 0 Å². The number of aryl methyl sites for hydroxylation is 1. The van der Waals surface area contributed by atoms with E-state index in [0.717, 1.165) is 22.6 Å². The smallest absolute Gasteiger partial charge is 0.340 e. The molecular formula is C20H19ClN2O3. The number of allylic oxidation sites excluding steroid dienone is 1. The number of carbonyl (C=O) groups is 2. The number of hydrogen-bond acceptors (Lipinski definition) is 3. The van der Waals surface area contributed by atoms with Gasteiger partial charge in [0.15, 0.2) is 0 Å². The summed E-state index contributed by atoms with van der Waals surface area (Å²) in [4.78, 5) is 24.3. The minimum absolute atomic E-state index is 0.264. The van der Waals surface area contributed by atoms with Crippen molar-refractivity contribution in [3.8, 4) is 5.69 Å². The lowest BCUT2D eigenvalue weighted by atomic mass is 10.0. The second-order valence-electron chi connectivity index (χ2n) is 6.12. The lowest BCUT2D eigenvalue weighted by Gasteiger charge is -2.11. The zero-order valence-electron chi connectivity index (χ0n) is 15.0. The normalized spacial score (nSPS) is 15.6. The molecule has 2 heterocycles. The number of nitrogens with one attached hydrogen (secondary N) is 1. The van der Waals surface area contributed by atoms with E-state index < -0.39 is 5.97 Å². The molecule has 1 aromatic carbocycles. The molecule has 3 rings (SSSR count). The van der Waals surface area contributed by atoms with Gasteiger partial charge in [-0.05, 0) is 50.6 Å². The summed E-state index contributed by atoms with van der Waals surface area (Å²) in [7, 11) is 1.30. The molecule has 5 nitrogen and oxygen atoms in total. The van der Waals surface area contributed by atoms with Crippen LogP contribution in [0.2, 0.25) is 5.02 Å². The molecule has 0 aliphatic carbocycles. The fraction of sp³-hybridized carbons (Fsp3) is 0.200. The first-order valence-corrected chi connectivity index (χ1v) is 8.49. The van der Waals surface area contributed by atoms with Crippen molar-refractivity contribution in [2.24, 2.45) is 0 Å². The number of aromatic nitrogens is 1. The van der Waals surface area contributed by atoms with Crippen LogP contribution in [0, 0.1) is 13.8 Å². The number of ether oxygens (including phenoxy) is 1. The maximum atomic E-state index is 12.3. The van der Waals surface area contributed by atoms with Crippen molar-refractivity contribution < 1.29 is 14.3 Å². The van der Waals surface area contributed by atoms with Crippen molar-refractivity contribution in [1.29, 1.82) is 0 Å². The largest absolute Gasteiger partial charge is 0.465 e. The third-order valence-electron chi connectivity index (χ3n) is 4.44. The lowest BCUT2D eigenvalue weighted by molar-refractivity contribution is -0.136. The minimum atomic E-state index is -0.535. The summed E-state index contributed by atoms with van der Waals surface area (Å²) >= 11 is 6.34. The molecule has 0 saturated heterocycles. The molecule has 0 spiro atoms. The zero-order chi connectivity index (χ0) is 19.0. The highest BCUT2D eigenvalue weighted by molar-refractivity contribution is 6.32. The second kappa shape index (κ2) is 6.84. The predicted octanol–water partition coefficient (Wildman–Crippen LogP) is 3.71. The van der Waals surface area contributed by atoms with Crippen LogP contribution in [0.5, 0.6) is 0 Å². The topological polar surface area (TPSA) is 60.3 Å². The summed E-state index contributed by atoms with van der Waals surface area (Å²) in [6, 6.07) is 9.53. The van der Waals surface area contributed by atoms with Crippen molar-refractivity contribution in [3.05, 3.63) is 69.1 Å². The standard InChI is InChI=1S/C20H19ClN2O3/c1-11-9-14(13(3)23(11)17-8-6-5-7-16(17)21)10-15-18(20(25)26-4)12(2)22-19(15)24/h5-10H,1-4H3,(H,22,24)/b15-10-. The van der Waals surface area contributed by atoms with Crippen molar-refractivity contribution in [2.75, 3.05) is 7.11 Å². The minimum Gasteiger partial charge on any atom is -0.465 e. The van der Waals surface area contributed by atoms with E-state index in [0.29, 0.717) is 16.3 Å². The third kappa shape index (κ3) is 2.95. The van der Waals surface area contributed by atoms with Gasteiger partial charge >= 0.3 is 5.97 Å². The average Bonchev–Trinajstić information content (AvgIpc) is 3.03. The van der Waals surface area contributed by atoms with Crippen LogP contribution in [-0.4, -0.2) is 23.6 Å². The number of amides is 1. The van der Waals surface area contributed by atoms with E-state index in [2.05, 4.69) is 5.32 Å². The molecule has 0 unspecified atom stereocenters. The molecule has 1 aliphatic rings. The van der Waals surface area contributed by atoms with Gasteiger partial charge in [-0.3, -0.25) is 4.79 Å². The fourth-order valence-electron chi connectivity index (χ4n) is 3.21. The number of methoxy groups -OCH3 is 1. The maximum Gasteiger partial charge on any atom is 0.340 e. The third-order valence-corrected chi connectivity index (χ3v) is 4.76. The number of benzene rings is 1. The number of hydrogen-bond donors (Lipinski definition) is 1. The summed E-state index contributed by atoms with van der Waals surface area (Å²) in [5.41, 5.74) is 4.65. The van der Waals surface area contributed by atoms with Crippen molar-refractivity contribution in [3.63, 3.8) is 0 Å². The SMILES string of the molecule is COC(=O)C1=C(C)NC(=O)/C1=C\c1cc(C)n(-c2ccccc2Cl)c1C. The molecule has 0 bridgehead atoms. The Balaban J connectivity index is 2.13. The molecule has 0 fully saturated rings. The highest BCUT2D eigenvalue weighted by atomic mass is 35.5. The van der Waals surface area contributed by atoms with Gasteiger partial charge in [-0.25, -0.2) is 4.79 Å². The van der Waals surface area contributed by atoms with Gasteiger partial charge in [0.05, 0.1) is 29.0 Å². The van der Waals surface area contributed by atoms with E-state index in [4.69, 9.17) is 16.3 Å².